The first kappa shape index (κ1) is 14.0. The Kier molecular flexibility index (Phi) is 6.06. The molecule has 0 aliphatic heterocycles. The molecule has 1 rings (SSSR count). The third-order valence-electron chi connectivity index (χ3n) is 2.92. The first-order valence-electron chi connectivity index (χ1n) is 6.50. The van der Waals surface area contributed by atoms with Crippen LogP contribution < -0.4 is 10.1 Å². The van der Waals surface area contributed by atoms with Crippen molar-refractivity contribution >= 4 is 0 Å². The van der Waals surface area contributed by atoms with Gasteiger partial charge in [-0.3, -0.25) is 0 Å². The molecule has 0 spiro atoms. The van der Waals surface area contributed by atoms with Gasteiger partial charge in [0.15, 0.2) is 0 Å². The van der Waals surface area contributed by atoms with E-state index in [9.17, 15) is 0 Å². The van der Waals surface area contributed by atoms with Gasteiger partial charge >= 0.3 is 0 Å². The van der Waals surface area contributed by atoms with Crippen molar-refractivity contribution < 1.29 is 4.74 Å². The second-order valence-electron chi connectivity index (χ2n) is 5.03. The molecule has 0 aromatic heterocycles. The molecule has 0 saturated heterocycles. The van der Waals surface area contributed by atoms with Crippen LogP contribution in [0.1, 0.15) is 31.4 Å². The summed E-state index contributed by atoms with van der Waals surface area (Å²) < 4.78 is 5.69. The molecule has 0 radical (unpaired) electrons. The summed E-state index contributed by atoms with van der Waals surface area (Å²) in [6, 6.07) is 6.25. The van der Waals surface area contributed by atoms with Gasteiger partial charge in [-0.15, -0.1) is 0 Å². The van der Waals surface area contributed by atoms with Crippen LogP contribution in [0.25, 0.3) is 0 Å². The van der Waals surface area contributed by atoms with Crippen molar-refractivity contribution in [3.63, 3.8) is 0 Å². The Labute approximate surface area is 105 Å². The van der Waals surface area contributed by atoms with E-state index in [4.69, 9.17) is 4.74 Å². The summed E-state index contributed by atoms with van der Waals surface area (Å²) in [5.74, 6) is 1.74. The zero-order valence-corrected chi connectivity index (χ0v) is 11.5. The Bertz CT molecular complexity index is 334. The number of hydrogen-bond acceptors (Lipinski definition) is 2. The Morgan fingerprint density at radius 3 is 2.53 bits per heavy atom. The summed E-state index contributed by atoms with van der Waals surface area (Å²) in [7, 11) is 0. The zero-order chi connectivity index (χ0) is 12.7. The molecule has 0 amide bonds. The molecule has 0 aliphatic carbocycles. The van der Waals surface area contributed by atoms with Gasteiger partial charge in [-0.05, 0) is 56.0 Å². The van der Waals surface area contributed by atoms with Crippen molar-refractivity contribution in [3.05, 3.63) is 29.3 Å². The SMILES string of the molecule is Cc1ccc(OCCNCCC(C)C)cc1C. The summed E-state index contributed by atoms with van der Waals surface area (Å²) in [5.41, 5.74) is 2.60. The minimum atomic E-state index is 0.737. The van der Waals surface area contributed by atoms with E-state index in [1.807, 2.05) is 6.07 Å². The fourth-order valence-corrected chi connectivity index (χ4v) is 1.56. The predicted octanol–water partition coefficient (Wildman–Crippen LogP) is 3.32. The van der Waals surface area contributed by atoms with Gasteiger partial charge in [0.1, 0.15) is 12.4 Å². The van der Waals surface area contributed by atoms with Crippen LogP contribution in [0.2, 0.25) is 0 Å². The lowest BCUT2D eigenvalue weighted by Crippen LogP contribution is -2.23. The van der Waals surface area contributed by atoms with E-state index >= 15 is 0 Å². The Morgan fingerprint density at radius 2 is 1.88 bits per heavy atom. The van der Waals surface area contributed by atoms with E-state index in [0.29, 0.717) is 0 Å². The highest BCUT2D eigenvalue weighted by Gasteiger charge is 1.97. The third-order valence-corrected chi connectivity index (χ3v) is 2.92. The first-order chi connectivity index (χ1) is 8.09. The van der Waals surface area contributed by atoms with E-state index in [1.165, 1.54) is 17.5 Å². The van der Waals surface area contributed by atoms with Crippen molar-refractivity contribution in [3.8, 4) is 5.75 Å². The standard InChI is InChI=1S/C15H25NO/c1-12(2)7-8-16-9-10-17-15-6-5-13(3)14(4)11-15/h5-6,11-12,16H,7-10H2,1-4H3. The van der Waals surface area contributed by atoms with E-state index in [0.717, 1.165) is 31.4 Å². The number of rotatable bonds is 7. The fraction of sp³-hybridized carbons (Fsp3) is 0.600. The molecule has 0 fully saturated rings. The van der Waals surface area contributed by atoms with Crippen LogP contribution in [0.3, 0.4) is 0 Å². The fourth-order valence-electron chi connectivity index (χ4n) is 1.56. The van der Waals surface area contributed by atoms with E-state index in [-0.39, 0.29) is 0 Å². The van der Waals surface area contributed by atoms with Crippen LogP contribution >= 0.6 is 0 Å². The average molecular weight is 235 g/mol. The largest absolute Gasteiger partial charge is 0.492 e. The molecule has 0 unspecified atom stereocenters. The average Bonchev–Trinajstić information content (AvgIpc) is 2.27. The van der Waals surface area contributed by atoms with Crippen molar-refractivity contribution in [2.45, 2.75) is 34.1 Å². The summed E-state index contributed by atoms with van der Waals surface area (Å²) in [6.07, 6.45) is 1.23. The molecule has 2 heteroatoms. The van der Waals surface area contributed by atoms with Crippen LogP contribution in [-0.2, 0) is 0 Å². The smallest absolute Gasteiger partial charge is 0.119 e. The third kappa shape index (κ3) is 5.73. The lowest BCUT2D eigenvalue weighted by molar-refractivity contribution is 0.312. The summed E-state index contributed by atoms with van der Waals surface area (Å²) >= 11 is 0. The normalized spacial score (nSPS) is 10.9. The minimum absolute atomic E-state index is 0.737. The second kappa shape index (κ2) is 7.33. The number of ether oxygens (including phenoxy) is 1. The first-order valence-corrected chi connectivity index (χ1v) is 6.50. The van der Waals surface area contributed by atoms with Gasteiger partial charge in [-0.2, -0.15) is 0 Å². The molecule has 0 bridgehead atoms. The van der Waals surface area contributed by atoms with Gasteiger partial charge in [0.25, 0.3) is 0 Å². The lowest BCUT2D eigenvalue weighted by Gasteiger charge is -2.10. The highest BCUT2D eigenvalue weighted by atomic mass is 16.5. The minimum Gasteiger partial charge on any atom is -0.492 e. The van der Waals surface area contributed by atoms with E-state index in [2.05, 4.69) is 45.1 Å². The van der Waals surface area contributed by atoms with Crippen molar-refractivity contribution in [2.75, 3.05) is 19.7 Å². The predicted molar refractivity (Wildman–Crippen MR) is 73.7 cm³/mol. The molecule has 1 N–H and O–H groups in total. The van der Waals surface area contributed by atoms with Gasteiger partial charge in [-0.25, -0.2) is 0 Å². The van der Waals surface area contributed by atoms with Crippen LogP contribution in [0, 0.1) is 19.8 Å². The molecule has 17 heavy (non-hydrogen) atoms. The topological polar surface area (TPSA) is 21.3 Å². The van der Waals surface area contributed by atoms with Crippen LogP contribution in [0.4, 0.5) is 0 Å². The van der Waals surface area contributed by atoms with Gasteiger partial charge in [0, 0.05) is 6.54 Å². The second-order valence-corrected chi connectivity index (χ2v) is 5.03. The van der Waals surface area contributed by atoms with E-state index < -0.39 is 0 Å². The highest BCUT2D eigenvalue weighted by molar-refractivity contribution is 5.33. The summed E-state index contributed by atoms with van der Waals surface area (Å²) in [6.45, 7) is 11.4. The maximum absolute atomic E-state index is 5.69. The number of aryl methyl sites for hydroxylation is 2. The van der Waals surface area contributed by atoms with Gasteiger partial charge in [0.2, 0.25) is 0 Å². The number of nitrogens with one attached hydrogen (secondary N) is 1. The van der Waals surface area contributed by atoms with Crippen molar-refractivity contribution in [2.24, 2.45) is 5.92 Å². The highest BCUT2D eigenvalue weighted by Crippen LogP contribution is 2.15. The van der Waals surface area contributed by atoms with Crippen LogP contribution in [0.15, 0.2) is 18.2 Å². The van der Waals surface area contributed by atoms with Crippen molar-refractivity contribution in [1.29, 1.82) is 0 Å². The molecule has 0 aliphatic rings. The van der Waals surface area contributed by atoms with Gasteiger partial charge < -0.3 is 10.1 Å². The Balaban J connectivity index is 2.16. The van der Waals surface area contributed by atoms with Crippen LogP contribution in [-0.4, -0.2) is 19.7 Å². The van der Waals surface area contributed by atoms with E-state index in [1.54, 1.807) is 0 Å². The molecular formula is C15H25NO. The molecule has 1 aromatic rings. The molecule has 0 heterocycles. The molecule has 2 nitrogen and oxygen atoms in total. The Hall–Kier alpha value is -1.02. The molecule has 1 aromatic carbocycles. The maximum Gasteiger partial charge on any atom is 0.119 e. The molecule has 96 valence electrons. The quantitative estimate of drug-likeness (QED) is 0.732. The molecular weight excluding hydrogens is 210 g/mol. The maximum atomic E-state index is 5.69. The number of benzene rings is 1. The number of hydrogen-bond donors (Lipinski definition) is 1. The van der Waals surface area contributed by atoms with Crippen molar-refractivity contribution in [1.82, 2.24) is 5.32 Å². The molecule has 0 atom stereocenters. The zero-order valence-electron chi connectivity index (χ0n) is 11.5. The van der Waals surface area contributed by atoms with Gasteiger partial charge in [-0.1, -0.05) is 19.9 Å². The monoisotopic (exact) mass is 235 g/mol. The van der Waals surface area contributed by atoms with Gasteiger partial charge in [0.05, 0.1) is 0 Å². The lowest BCUT2D eigenvalue weighted by atomic mass is 10.1. The van der Waals surface area contributed by atoms with Crippen LogP contribution in [0.5, 0.6) is 5.75 Å². The summed E-state index contributed by atoms with van der Waals surface area (Å²) in [5, 5.41) is 3.39. The Morgan fingerprint density at radius 1 is 1.12 bits per heavy atom. The summed E-state index contributed by atoms with van der Waals surface area (Å²) in [4.78, 5) is 0. The molecule has 0 saturated carbocycles.